The van der Waals surface area contributed by atoms with E-state index in [1.54, 1.807) is 0 Å². The van der Waals surface area contributed by atoms with Gasteiger partial charge in [0.25, 0.3) is 0 Å². The van der Waals surface area contributed by atoms with Crippen LogP contribution in [0.3, 0.4) is 0 Å². The van der Waals surface area contributed by atoms with Gasteiger partial charge in [0.15, 0.2) is 0 Å². The summed E-state index contributed by atoms with van der Waals surface area (Å²) in [6.45, 7) is 0. The second-order valence-corrected chi connectivity index (χ2v) is 11.1. The summed E-state index contributed by atoms with van der Waals surface area (Å²) in [5.41, 5.74) is -12.2. The zero-order chi connectivity index (χ0) is 59.0. The zero-order valence-electron chi connectivity index (χ0n) is 54.7. The van der Waals surface area contributed by atoms with E-state index in [-0.39, 0.29) is 0 Å². The van der Waals surface area contributed by atoms with Gasteiger partial charge in [0.2, 0.25) is 0 Å². The van der Waals surface area contributed by atoms with Gasteiger partial charge in [-0.2, -0.15) is 0 Å². The van der Waals surface area contributed by atoms with Crippen LogP contribution in [0.5, 0.6) is 0 Å². The topological polar surface area (TPSA) is 16.4 Å². The molecule has 0 bridgehead atoms. The standard InChI is InChI=1S/C49H33NO/c1-4-16-34(17-5-1)35-30-32-38(33-31-35)50(44-27-15-29-46-48(44)40-23-11-13-28-45(40)51-46)43-26-14-25-42-47(43)39-22-10-12-24-41(39)49(42,36-18-6-2-7-19-36)37-20-8-3-9-21-37/h1-33H/i1D,2D,3D,4D,5D,6D,7D,8D,9D,10D,11D,12D,13D,14D,15D,16D,17D,18D,19D,20D,21D,22D,23D,24D,25D,28D,29D,30D,31D. The molecule has 51 heavy (non-hydrogen) atoms. The molecule has 0 N–H and O–H groups in total. The predicted molar refractivity (Wildman–Crippen MR) is 211 cm³/mol. The molecule has 8 aromatic carbocycles. The fourth-order valence-corrected chi connectivity index (χ4v) is 6.56. The van der Waals surface area contributed by atoms with Crippen LogP contribution in [0.4, 0.5) is 17.1 Å². The van der Waals surface area contributed by atoms with Crippen molar-refractivity contribution in [2.24, 2.45) is 0 Å². The Balaban J connectivity index is 1.53. The number of fused-ring (bicyclic) bond motifs is 6. The highest BCUT2D eigenvalue weighted by Crippen LogP contribution is 2.59. The minimum atomic E-state index is -3.23. The molecule has 0 unspecified atom stereocenters. The second-order valence-electron chi connectivity index (χ2n) is 11.1. The van der Waals surface area contributed by atoms with E-state index in [1.165, 1.54) is 0 Å². The number of anilines is 3. The van der Waals surface area contributed by atoms with Gasteiger partial charge in [0.05, 0.1) is 61.9 Å². The molecule has 240 valence electrons. The highest BCUT2D eigenvalue weighted by molar-refractivity contribution is 6.14. The van der Waals surface area contributed by atoms with E-state index in [2.05, 4.69) is 0 Å². The lowest BCUT2D eigenvalue weighted by Gasteiger charge is -2.34. The molecule has 0 atom stereocenters. The lowest BCUT2D eigenvalue weighted by Crippen LogP contribution is -2.28. The average molecular weight is 681 g/mol. The monoisotopic (exact) mass is 680 g/mol. The molecule has 1 aliphatic carbocycles. The van der Waals surface area contributed by atoms with Crippen LogP contribution in [0, 0.1) is 0 Å². The van der Waals surface area contributed by atoms with Crippen LogP contribution < -0.4 is 4.90 Å². The van der Waals surface area contributed by atoms with Gasteiger partial charge in [-0.25, -0.2) is 0 Å². The maximum Gasteiger partial charge on any atom is 0.137 e. The van der Waals surface area contributed by atoms with Crippen molar-refractivity contribution in [1.82, 2.24) is 0 Å². The van der Waals surface area contributed by atoms with Crippen LogP contribution in [0.15, 0.2) is 204 Å². The van der Waals surface area contributed by atoms with E-state index in [0.29, 0.717) is 0 Å². The summed E-state index contributed by atoms with van der Waals surface area (Å²) in [7, 11) is 0. The zero-order valence-corrected chi connectivity index (χ0v) is 25.7. The smallest absolute Gasteiger partial charge is 0.137 e. The van der Waals surface area contributed by atoms with Crippen LogP contribution >= 0.6 is 0 Å². The van der Waals surface area contributed by atoms with Gasteiger partial charge in [-0.1, -0.05) is 163 Å². The molecule has 9 aromatic rings. The molecule has 0 radical (unpaired) electrons. The number of hydrogen-bond acceptors (Lipinski definition) is 2. The van der Waals surface area contributed by atoms with Crippen molar-refractivity contribution in [2.45, 2.75) is 5.41 Å². The molecule has 0 fully saturated rings. The SMILES string of the molecule is [2H]c1cc(N(c2cc([2H])c(-c3c([2H])c([2H])c([2H])c([2H])c3[2H])c([2H])c2)c2cc([2H])c([2H])c3oc4c([2H])c([2H])c([2H])c([2H])c4c23)c2c(c1[2H])C(c1c([2H])c([2H])c([2H])c([2H])c1[2H])(c1c([2H])c([2H])c([2H])c([2H])c1[2H])c1c([2H])c([2H])c([2H])c([2H])c1-2. The summed E-state index contributed by atoms with van der Waals surface area (Å²) >= 11 is 0. The van der Waals surface area contributed by atoms with Crippen molar-refractivity contribution in [2.75, 3.05) is 4.90 Å². The van der Waals surface area contributed by atoms with Crippen molar-refractivity contribution in [3.8, 4) is 22.3 Å². The van der Waals surface area contributed by atoms with Crippen molar-refractivity contribution >= 4 is 39.0 Å². The maximum absolute atomic E-state index is 9.91. The Kier molecular flexibility index (Phi) is 2.83. The number of furan rings is 1. The van der Waals surface area contributed by atoms with E-state index in [0.717, 1.165) is 29.2 Å². The van der Waals surface area contributed by atoms with Crippen LogP contribution in [0.1, 0.15) is 62.0 Å². The van der Waals surface area contributed by atoms with Crippen LogP contribution in [0.25, 0.3) is 44.2 Å². The van der Waals surface area contributed by atoms with Crippen molar-refractivity contribution in [3.05, 3.63) is 222 Å². The van der Waals surface area contributed by atoms with Gasteiger partial charge in [0.1, 0.15) is 11.2 Å². The molecule has 0 aliphatic heterocycles. The van der Waals surface area contributed by atoms with Gasteiger partial charge in [-0.3, -0.25) is 0 Å². The largest absolute Gasteiger partial charge is 0.456 e. The third-order valence-corrected chi connectivity index (χ3v) is 8.55. The maximum atomic E-state index is 9.91. The Bertz CT molecular complexity index is 4200. The normalized spacial score (nSPS) is 20.8. The molecule has 2 heteroatoms. The van der Waals surface area contributed by atoms with Crippen molar-refractivity contribution < 1.29 is 44.2 Å². The number of rotatable bonds is 6. The third-order valence-electron chi connectivity index (χ3n) is 8.55. The van der Waals surface area contributed by atoms with Crippen molar-refractivity contribution in [1.29, 1.82) is 0 Å². The molecule has 2 nitrogen and oxygen atoms in total. The van der Waals surface area contributed by atoms with Crippen LogP contribution in [-0.4, -0.2) is 0 Å². The molecule has 0 amide bonds. The fraction of sp³-hybridized carbons (Fsp3) is 0.0204. The molecule has 0 saturated heterocycles. The van der Waals surface area contributed by atoms with E-state index in [1.807, 2.05) is 0 Å². The van der Waals surface area contributed by atoms with E-state index >= 15 is 0 Å². The predicted octanol–water partition coefficient (Wildman–Crippen LogP) is 13.1. The Morgan fingerprint density at radius 1 is 0.451 bits per heavy atom. The molecule has 1 aliphatic rings. The second kappa shape index (κ2) is 11.8. The lowest BCUT2D eigenvalue weighted by atomic mass is 9.68. The van der Waals surface area contributed by atoms with Crippen LogP contribution in [-0.2, 0) is 5.41 Å². The van der Waals surface area contributed by atoms with E-state index in [9.17, 15) is 13.7 Å². The first-order chi connectivity index (χ1) is 37.3. The molecular formula is C49H33NO. The molecule has 10 rings (SSSR count). The van der Waals surface area contributed by atoms with Gasteiger partial charge in [-0.05, 0) is 75.3 Å². The first-order valence-electron chi connectivity index (χ1n) is 29.6. The minimum absolute atomic E-state index is 0.410. The average Bonchev–Trinajstić information content (AvgIpc) is 2.58. The summed E-state index contributed by atoms with van der Waals surface area (Å²) in [5, 5.41) is -0.853. The van der Waals surface area contributed by atoms with Crippen LogP contribution in [0.2, 0.25) is 0 Å². The van der Waals surface area contributed by atoms with Gasteiger partial charge >= 0.3 is 0 Å². The molecular weight excluding hydrogens is 619 g/mol. The number of para-hydroxylation sites is 1. The molecule has 0 saturated carbocycles. The Morgan fingerprint density at radius 3 is 1.75 bits per heavy atom. The number of nitrogens with zero attached hydrogens (tertiary/aromatic N) is 1. The number of benzene rings is 8. The van der Waals surface area contributed by atoms with E-state index in [4.69, 9.17) is 30.5 Å². The number of hydrogen-bond donors (Lipinski definition) is 0. The Labute approximate surface area is 338 Å². The molecule has 1 aromatic heterocycles. The summed E-state index contributed by atoms with van der Waals surface area (Å²) in [6, 6.07) is -23.6. The Hall–Kier alpha value is -6.64. The summed E-state index contributed by atoms with van der Waals surface area (Å²) in [4.78, 5) is 0.971. The molecule has 0 spiro atoms. The van der Waals surface area contributed by atoms with Gasteiger partial charge in [0, 0.05) is 16.6 Å². The van der Waals surface area contributed by atoms with E-state index < -0.39 is 264 Å². The quantitative estimate of drug-likeness (QED) is 0.174. The van der Waals surface area contributed by atoms with Gasteiger partial charge in [-0.15, -0.1) is 0 Å². The summed E-state index contributed by atoms with van der Waals surface area (Å²) in [6.07, 6.45) is 0. The summed E-state index contributed by atoms with van der Waals surface area (Å²) < 4.78 is 269. The third kappa shape index (κ3) is 4.43. The first-order valence-corrected chi connectivity index (χ1v) is 15.1. The van der Waals surface area contributed by atoms with Crippen molar-refractivity contribution in [3.63, 3.8) is 0 Å². The Morgan fingerprint density at radius 2 is 1.00 bits per heavy atom. The molecule has 1 heterocycles. The highest BCUT2D eigenvalue weighted by Gasteiger charge is 2.47. The minimum Gasteiger partial charge on any atom is -0.456 e. The first kappa shape index (κ1) is 12.3. The fourth-order valence-electron chi connectivity index (χ4n) is 6.56. The summed E-state index contributed by atoms with van der Waals surface area (Å²) in [5.74, 6) is 0. The lowest BCUT2D eigenvalue weighted by molar-refractivity contribution is 0.669. The highest BCUT2D eigenvalue weighted by atomic mass is 16.3. The van der Waals surface area contributed by atoms with Gasteiger partial charge < -0.3 is 9.32 Å².